The van der Waals surface area contributed by atoms with Gasteiger partial charge in [-0.3, -0.25) is 9.47 Å². The Labute approximate surface area is 163 Å². The summed E-state index contributed by atoms with van der Waals surface area (Å²) in [6.07, 6.45) is 1.67. The van der Waals surface area contributed by atoms with Crippen LogP contribution in [-0.4, -0.2) is 41.8 Å². The first-order valence-corrected chi connectivity index (χ1v) is 9.56. The van der Waals surface area contributed by atoms with E-state index in [9.17, 15) is 10.1 Å². The average molecular weight is 377 g/mol. The quantitative estimate of drug-likeness (QED) is 0.699. The third-order valence-corrected chi connectivity index (χ3v) is 5.35. The van der Waals surface area contributed by atoms with Crippen molar-refractivity contribution in [1.82, 2.24) is 9.47 Å². The van der Waals surface area contributed by atoms with E-state index in [4.69, 9.17) is 9.15 Å². The van der Waals surface area contributed by atoms with Crippen molar-refractivity contribution in [3.8, 4) is 17.2 Å². The van der Waals surface area contributed by atoms with Crippen LogP contribution >= 0.6 is 0 Å². The Bertz CT molecular complexity index is 1050. The lowest BCUT2D eigenvalue weighted by atomic mass is 10.00. The second-order valence-electron chi connectivity index (χ2n) is 7.16. The van der Waals surface area contributed by atoms with Gasteiger partial charge in [0, 0.05) is 33.2 Å². The molecule has 0 aliphatic carbocycles. The maximum Gasteiger partial charge on any atom is 0.419 e. The topological polar surface area (TPSA) is 71.4 Å². The van der Waals surface area contributed by atoms with Crippen LogP contribution in [0.1, 0.15) is 12.0 Å². The Morgan fingerprint density at radius 1 is 1.11 bits per heavy atom. The van der Waals surface area contributed by atoms with Crippen molar-refractivity contribution in [1.29, 1.82) is 5.26 Å². The minimum absolute atomic E-state index is 0.135. The van der Waals surface area contributed by atoms with Crippen molar-refractivity contribution in [2.45, 2.75) is 18.9 Å². The van der Waals surface area contributed by atoms with Gasteiger partial charge in [0.15, 0.2) is 5.58 Å². The van der Waals surface area contributed by atoms with Gasteiger partial charge in [-0.1, -0.05) is 30.3 Å². The summed E-state index contributed by atoms with van der Waals surface area (Å²) in [5, 5.41) is 9.62. The highest BCUT2D eigenvalue weighted by molar-refractivity contribution is 5.80. The lowest BCUT2D eigenvalue weighted by Crippen LogP contribution is -2.37. The fourth-order valence-electron chi connectivity index (χ4n) is 3.70. The van der Waals surface area contributed by atoms with Gasteiger partial charge in [0.2, 0.25) is 0 Å². The molecule has 3 aromatic rings. The largest absolute Gasteiger partial charge is 0.419 e. The molecule has 28 heavy (non-hydrogen) atoms. The van der Waals surface area contributed by atoms with Gasteiger partial charge in [-0.05, 0) is 35.2 Å². The van der Waals surface area contributed by atoms with E-state index in [2.05, 4.69) is 35.2 Å². The number of hydrogen-bond acceptors (Lipinski definition) is 5. The molecule has 6 heteroatoms. The molecule has 2 heterocycles. The van der Waals surface area contributed by atoms with Crippen LogP contribution in [0.2, 0.25) is 0 Å². The molecule has 0 unspecified atom stereocenters. The van der Waals surface area contributed by atoms with Gasteiger partial charge in [-0.15, -0.1) is 0 Å². The van der Waals surface area contributed by atoms with Crippen molar-refractivity contribution < 1.29 is 9.15 Å². The molecule has 0 saturated carbocycles. The van der Waals surface area contributed by atoms with Gasteiger partial charge < -0.3 is 9.15 Å². The fraction of sp³-hybridized carbons (Fsp3) is 0.364. The second kappa shape index (κ2) is 8.01. The van der Waals surface area contributed by atoms with Crippen LogP contribution < -0.4 is 5.76 Å². The lowest BCUT2D eigenvalue weighted by Gasteiger charge is -2.24. The minimum Gasteiger partial charge on any atom is -0.408 e. The summed E-state index contributed by atoms with van der Waals surface area (Å²) in [5.74, 6) is -0.357. The number of oxazole rings is 1. The molecule has 6 nitrogen and oxygen atoms in total. The number of nitrogens with zero attached hydrogens (tertiary/aromatic N) is 3. The molecule has 0 amide bonds. The highest BCUT2D eigenvalue weighted by Crippen LogP contribution is 2.24. The van der Waals surface area contributed by atoms with E-state index in [0.717, 1.165) is 48.3 Å². The van der Waals surface area contributed by atoms with Crippen LogP contribution in [0.25, 0.3) is 22.2 Å². The first-order valence-electron chi connectivity index (χ1n) is 9.56. The summed E-state index contributed by atoms with van der Waals surface area (Å²) < 4.78 is 12.2. The summed E-state index contributed by atoms with van der Waals surface area (Å²) in [5.41, 5.74) is 4.59. The normalized spacial score (nSPS) is 16.6. The molecule has 1 fully saturated rings. The number of aryl methyl sites for hydroxylation is 1. The Morgan fingerprint density at radius 3 is 2.68 bits per heavy atom. The smallest absolute Gasteiger partial charge is 0.408 e. The number of benzene rings is 2. The molecule has 4 rings (SSSR count). The zero-order valence-corrected chi connectivity index (χ0v) is 15.9. The van der Waals surface area contributed by atoms with E-state index in [1.165, 1.54) is 4.57 Å². The van der Waals surface area contributed by atoms with Gasteiger partial charge in [0.05, 0.1) is 18.2 Å². The van der Waals surface area contributed by atoms with Crippen molar-refractivity contribution in [3.05, 3.63) is 58.6 Å². The van der Waals surface area contributed by atoms with Gasteiger partial charge in [0.1, 0.15) is 6.04 Å². The molecule has 0 N–H and O–H groups in total. The second-order valence-corrected chi connectivity index (χ2v) is 7.16. The van der Waals surface area contributed by atoms with Gasteiger partial charge in [-0.25, -0.2) is 4.79 Å². The highest BCUT2D eigenvalue weighted by atomic mass is 16.5. The van der Waals surface area contributed by atoms with Crippen LogP contribution in [0.3, 0.4) is 0 Å². The first kappa shape index (κ1) is 18.5. The van der Waals surface area contributed by atoms with Crippen LogP contribution in [-0.2, 0) is 18.2 Å². The monoisotopic (exact) mass is 377 g/mol. The fourth-order valence-corrected chi connectivity index (χ4v) is 3.70. The molecule has 2 aromatic carbocycles. The number of rotatable bonds is 4. The summed E-state index contributed by atoms with van der Waals surface area (Å²) in [4.78, 5) is 13.9. The summed E-state index contributed by atoms with van der Waals surface area (Å²) >= 11 is 0. The number of aromatic nitrogens is 1. The number of hydrogen-bond donors (Lipinski definition) is 0. The van der Waals surface area contributed by atoms with E-state index < -0.39 is 0 Å². The van der Waals surface area contributed by atoms with Crippen molar-refractivity contribution in [3.63, 3.8) is 0 Å². The van der Waals surface area contributed by atoms with E-state index in [0.29, 0.717) is 18.6 Å². The van der Waals surface area contributed by atoms with E-state index >= 15 is 0 Å². The molecule has 1 saturated heterocycles. The van der Waals surface area contributed by atoms with Crippen molar-refractivity contribution in [2.75, 3.05) is 26.3 Å². The SMILES string of the molecule is Cn1c(=O)oc2ccc(-c3ccc(C[C@@H](C#N)N4CCCOCC4)cc3)cc21. The summed E-state index contributed by atoms with van der Waals surface area (Å²) in [6.45, 7) is 3.17. The molecule has 1 aliphatic rings. The van der Waals surface area contributed by atoms with Gasteiger partial charge in [-0.2, -0.15) is 5.26 Å². The van der Waals surface area contributed by atoms with Crippen LogP contribution in [0, 0.1) is 11.3 Å². The molecular formula is C22H23N3O3. The third-order valence-electron chi connectivity index (χ3n) is 5.35. The minimum atomic E-state index is -0.357. The molecule has 0 spiro atoms. The Kier molecular flexibility index (Phi) is 5.29. The molecule has 0 radical (unpaired) electrons. The van der Waals surface area contributed by atoms with Crippen molar-refractivity contribution >= 4 is 11.1 Å². The van der Waals surface area contributed by atoms with Gasteiger partial charge in [0.25, 0.3) is 0 Å². The Hall–Kier alpha value is -2.88. The predicted octanol–water partition coefficient (Wildman–Crippen LogP) is 2.96. The van der Waals surface area contributed by atoms with Gasteiger partial charge >= 0.3 is 5.76 Å². The number of nitriles is 1. The zero-order chi connectivity index (χ0) is 19.5. The molecule has 0 bridgehead atoms. The molecular weight excluding hydrogens is 354 g/mol. The summed E-state index contributed by atoms with van der Waals surface area (Å²) in [7, 11) is 1.71. The van der Waals surface area contributed by atoms with Crippen LogP contribution in [0.4, 0.5) is 0 Å². The Morgan fingerprint density at radius 2 is 1.89 bits per heavy atom. The zero-order valence-electron chi connectivity index (χ0n) is 15.9. The van der Waals surface area contributed by atoms with Crippen molar-refractivity contribution in [2.24, 2.45) is 7.05 Å². The van der Waals surface area contributed by atoms with Crippen LogP contribution in [0.15, 0.2) is 51.7 Å². The molecule has 1 atom stereocenters. The average Bonchev–Trinajstić information content (AvgIpc) is 2.91. The van der Waals surface area contributed by atoms with Crippen LogP contribution in [0.5, 0.6) is 0 Å². The Balaban J connectivity index is 1.52. The van der Waals surface area contributed by atoms with E-state index in [1.807, 2.05) is 18.2 Å². The molecule has 1 aliphatic heterocycles. The standard InChI is InChI=1S/C22H23N3O3/c1-24-20-14-18(7-8-21(20)28-22(24)26)17-5-3-16(4-6-17)13-19(15-23)25-9-2-11-27-12-10-25/h3-8,14,19H,2,9-13H2,1H3/t19-/m0/s1. The lowest BCUT2D eigenvalue weighted by molar-refractivity contribution is 0.137. The molecule has 1 aromatic heterocycles. The summed E-state index contributed by atoms with van der Waals surface area (Å²) in [6, 6.07) is 16.3. The van der Waals surface area contributed by atoms with E-state index in [1.54, 1.807) is 7.05 Å². The first-order chi connectivity index (χ1) is 13.7. The third kappa shape index (κ3) is 3.72. The predicted molar refractivity (Wildman–Crippen MR) is 107 cm³/mol. The maximum absolute atomic E-state index is 11.7. The molecule has 144 valence electrons. The highest BCUT2D eigenvalue weighted by Gasteiger charge is 2.20. The van der Waals surface area contributed by atoms with E-state index in [-0.39, 0.29) is 11.8 Å². The number of ether oxygens (including phenoxy) is 1. The number of fused-ring (bicyclic) bond motifs is 1. The maximum atomic E-state index is 11.7.